The summed E-state index contributed by atoms with van der Waals surface area (Å²) >= 11 is 0. The summed E-state index contributed by atoms with van der Waals surface area (Å²) < 4.78 is 5.78. The standard InChI is InChI=1S/C18H18N2O/c19-20-18(13-21-17-8-2-1-3-9-17)16-11-10-14-6-4-5-7-15(14)12-16/h1-12,18,20H,13,19H2. The molecule has 0 saturated carbocycles. The van der Waals surface area contributed by atoms with Crippen molar-refractivity contribution in [2.75, 3.05) is 6.61 Å². The van der Waals surface area contributed by atoms with Gasteiger partial charge < -0.3 is 4.74 Å². The van der Waals surface area contributed by atoms with Gasteiger partial charge in [-0.15, -0.1) is 0 Å². The van der Waals surface area contributed by atoms with E-state index >= 15 is 0 Å². The van der Waals surface area contributed by atoms with Gasteiger partial charge in [0.2, 0.25) is 0 Å². The molecule has 0 aromatic heterocycles. The lowest BCUT2D eigenvalue weighted by molar-refractivity contribution is 0.267. The Hall–Kier alpha value is -2.36. The van der Waals surface area contributed by atoms with Crippen molar-refractivity contribution in [1.82, 2.24) is 5.43 Å². The van der Waals surface area contributed by atoms with E-state index < -0.39 is 0 Å². The van der Waals surface area contributed by atoms with Gasteiger partial charge in [0, 0.05) is 0 Å². The summed E-state index contributed by atoms with van der Waals surface area (Å²) in [5.74, 6) is 6.53. The number of nitrogens with one attached hydrogen (secondary N) is 1. The highest BCUT2D eigenvalue weighted by Crippen LogP contribution is 2.21. The van der Waals surface area contributed by atoms with Crippen molar-refractivity contribution < 1.29 is 4.74 Å². The van der Waals surface area contributed by atoms with Gasteiger partial charge in [-0.3, -0.25) is 5.84 Å². The Morgan fingerprint density at radius 3 is 2.33 bits per heavy atom. The van der Waals surface area contributed by atoms with Gasteiger partial charge in [0.05, 0.1) is 6.04 Å². The number of hydrogen-bond donors (Lipinski definition) is 2. The molecule has 0 amide bonds. The van der Waals surface area contributed by atoms with E-state index in [2.05, 4.69) is 35.8 Å². The van der Waals surface area contributed by atoms with Gasteiger partial charge in [0.15, 0.2) is 0 Å². The summed E-state index contributed by atoms with van der Waals surface area (Å²) in [6, 6.07) is 24.3. The van der Waals surface area contributed by atoms with Crippen molar-refractivity contribution in [3.8, 4) is 5.75 Å². The van der Waals surface area contributed by atoms with E-state index in [4.69, 9.17) is 10.6 Å². The van der Waals surface area contributed by atoms with Crippen molar-refractivity contribution in [1.29, 1.82) is 0 Å². The molecule has 0 aliphatic rings. The molecule has 3 nitrogen and oxygen atoms in total. The lowest BCUT2D eigenvalue weighted by Crippen LogP contribution is -2.32. The average Bonchev–Trinajstić information content (AvgIpc) is 2.56. The third kappa shape index (κ3) is 3.21. The molecule has 21 heavy (non-hydrogen) atoms. The molecule has 3 aromatic carbocycles. The first-order valence-corrected chi connectivity index (χ1v) is 6.99. The van der Waals surface area contributed by atoms with Crippen molar-refractivity contribution in [3.63, 3.8) is 0 Å². The van der Waals surface area contributed by atoms with Gasteiger partial charge in [-0.05, 0) is 34.5 Å². The molecule has 0 aliphatic carbocycles. The molecule has 0 bridgehead atoms. The lowest BCUT2D eigenvalue weighted by atomic mass is 10.0. The fraction of sp³-hybridized carbons (Fsp3) is 0.111. The summed E-state index contributed by atoms with van der Waals surface area (Å²) in [5, 5.41) is 2.43. The van der Waals surface area contributed by atoms with Crippen LogP contribution in [0.4, 0.5) is 0 Å². The first kappa shape index (κ1) is 13.6. The van der Waals surface area contributed by atoms with Crippen LogP contribution in [0, 0.1) is 0 Å². The zero-order valence-corrected chi connectivity index (χ0v) is 11.7. The van der Waals surface area contributed by atoms with Crippen LogP contribution in [-0.4, -0.2) is 6.61 Å². The van der Waals surface area contributed by atoms with E-state index in [1.165, 1.54) is 10.8 Å². The highest BCUT2D eigenvalue weighted by molar-refractivity contribution is 5.83. The molecule has 0 aliphatic heterocycles. The molecule has 3 aromatic rings. The fourth-order valence-electron chi connectivity index (χ4n) is 2.36. The molecule has 0 saturated heterocycles. The topological polar surface area (TPSA) is 47.3 Å². The molecule has 1 atom stereocenters. The van der Waals surface area contributed by atoms with Crippen LogP contribution >= 0.6 is 0 Å². The molecular formula is C18H18N2O. The maximum Gasteiger partial charge on any atom is 0.119 e. The van der Waals surface area contributed by atoms with Crippen molar-refractivity contribution >= 4 is 10.8 Å². The Morgan fingerprint density at radius 1 is 0.857 bits per heavy atom. The monoisotopic (exact) mass is 278 g/mol. The number of para-hydroxylation sites is 1. The molecule has 1 unspecified atom stereocenters. The van der Waals surface area contributed by atoms with Gasteiger partial charge in [0.1, 0.15) is 12.4 Å². The van der Waals surface area contributed by atoms with Crippen LogP contribution < -0.4 is 16.0 Å². The number of hydrazine groups is 1. The molecule has 0 fully saturated rings. The van der Waals surface area contributed by atoms with Crippen molar-refractivity contribution in [2.24, 2.45) is 5.84 Å². The van der Waals surface area contributed by atoms with Crippen LogP contribution in [0.2, 0.25) is 0 Å². The predicted octanol–water partition coefficient (Wildman–Crippen LogP) is 3.42. The second-order valence-electron chi connectivity index (χ2n) is 4.95. The summed E-state index contributed by atoms with van der Waals surface area (Å²) in [7, 11) is 0. The summed E-state index contributed by atoms with van der Waals surface area (Å²) in [6.07, 6.45) is 0. The molecule has 0 spiro atoms. The van der Waals surface area contributed by atoms with E-state index in [9.17, 15) is 0 Å². The van der Waals surface area contributed by atoms with Crippen molar-refractivity contribution in [3.05, 3.63) is 78.4 Å². The molecular weight excluding hydrogens is 260 g/mol. The largest absolute Gasteiger partial charge is 0.492 e. The molecule has 0 radical (unpaired) electrons. The second kappa shape index (κ2) is 6.39. The van der Waals surface area contributed by atoms with Crippen LogP contribution in [0.5, 0.6) is 5.75 Å². The molecule has 3 N–H and O–H groups in total. The minimum absolute atomic E-state index is 0.0465. The quantitative estimate of drug-likeness (QED) is 0.555. The van der Waals surface area contributed by atoms with Gasteiger partial charge in [-0.25, -0.2) is 5.43 Å². The van der Waals surface area contributed by atoms with E-state index in [0.717, 1.165) is 11.3 Å². The van der Waals surface area contributed by atoms with Crippen LogP contribution in [-0.2, 0) is 0 Å². The van der Waals surface area contributed by atoms with E-state index in [1.807, 2.05) is 42.5 Å². The Labute approximate surface area is 124 Å². The highest BCUT2D eigenvalue weighted by Gasteiger charge is 2.11. The third-order valence-corrected chi connectivity index (χ3v) is 3.54. The number of ether oxygens (including phenoxy) is 1. The number of benzene rings is 3. The second-order valence-corrected chi connectivity index (χ2v) is 4.95. The Kier molecular flexibility index (Phi) is 4.15. The minimum atomic E-state index is -0.0465. The van der Waals surface area contributed by atoms with Crippen LogP contribution in [0.15, 0.2) is 72.8 Å². The van der Waals surface area contributed by atoms with E-state index in [1.54, 1.807) is 0 Å². The lowest BCUT2D eigenvalue weighted by Gasteiger charge is -2.17. The van der Waals surface area contributed by atoms with E-state index in [0.29, 0.717) is 6.61 Å². The molecule has 3 heteroatoms. The average molecular weight is 278 g/mol. The first-order valence-electron chi connectivity index (χ1n) is 6.99. The smallest absolute Gasteiger partial charge is 0.119 e. The van der Waals surface area contributed by atoms with Gasteiger partial charge in [0.25, 0.3) is 0 Å². The molecule has 3 rings (SSSR count). The van der Waals surface area contributed by atoms with E-state index in [-0.39, 0.29) is 6.04 Å². The first-order chi connectivity index (χ1) is 10.4. The van der Waals surface area contributed by atoms with Crippen LogP contribution in [0.3, 0.4) is 0 Å². The third-order valence-electron chi connectivity index (χ3n) is 3.54. The molecule has 106 valence electrons. The van der Waals surface area contributed by atoms with Gasteiger partial charge >= 0.3 is 0 Å². The SMILES string of the molecule is NNC(COc1ccccc1)c1ccc2ccccc2c1. The molecule has 0 heterocycles. The zero-order chi connectivity index (χ0) is 14.5. The van der Waals surface area contributed by atoms with Gasteiger partial charge in [-0.2, -0.15) is 0 Å². The summed E-state index contributed by atoms with van der Waals surface area (Å²) in [5.41, 5.74) is 3.95. The Morgan fingerprint density at radius 2 is 1.57 bits per heavy atom. The van der Waals surface area contributed by atoms with Crippen LogP contribution in [0.1, 0.15) is 11.6 Å². The summed E-state index contributed by atoms with van der Waals surface area (Å²) in [6.45, 7) is 0.485. The Balaban J connectivity index is 1.78. The predicted molar refractivity (Wildman–Crippen MR) is 85.9 cm³/mol. The maximum absolute atomic E-state index is 5.78. The number of nitrogens with two attached hydrogens (primary N) is 1. The number of rotatable bonds is 5. The van der Waals surface area contributed by atoms with Crippen molar-refractivity contribution in [2.45, 2.75) is 6.04 Å². The van der Waals surface area contributed by atoms with Crippen LogP contribution in [0.25, 0.3) is 10.8 Å². The number of fused-ring (bicyclic) bond motifs is 1. The highest BCUT2D eigenvalue weighted by atomic mass is 16.5. The Bertz CT molecular complexity index is 712. The van der Waals surface area contributed by atoms with Gasteiger partial charge in [-0.1, -0.05) is 54.6 Å². The maximum atomic E-state index is 5.78. The number of hydrogen-bond acceptors (Lipinski definition) is 3. The minimum Gasteiger partial charge on any atom is -0.492 e. The zero-order valence-electron chi connectivity index (χ0n) is 11.7. The normalized spacial score (nSPS) is 12.2. The summed E-state index contributed by atoms with van der Waals surface area (Å²) in [4.78, 5) is 0. The fourth-order valence-corrected chi connectivity index (χ4v) is 2.36.